The van der Waals surface area contributed by atoms with E-state index in [9.17, 15) is 8.42 Å². The van der Waals surface area contributed by atoms with Crippen LogP contribution in [0.4, 0.5) is 0 Å². The Morgan fingerprint density at radius 2 is 1.61 bits per heavy atom. The van der Waals surface area contributed by atoms with Gasteiger partial charge in [-0.3, -0.25) is 0 Å². The second-order valence-electron chi connectivity index (χ2n) is 9.52. The molecule has 154 valence electrons. The normalized spacial score (nSPS) is 40.1. The Hall–Kier alpha value is -1.07. The van der Waals surface area contributed by atoms with Crippen LogP contribution in [0.15, 0.2) is 24.3 Å². The molecule has 5 rings (SSSR count). The first kappa shape index (κ1) is 18.9. The summed E-state index contributed by atoms with van der Waals surface area (Å²) in [6.07, 6.45) is 8.38. The first-order valence-electron chi connectivity index (χ1n) is 11.2. The fraction of sp³-hybridized carbons (Fsp3) is 0.739. The van der Waals surface area contributed by atoms with Gasteiger partial charge in [0.1, 0.15) is 11.0 Å². The number of hydrogen-bond acceptors (Lipinski definition) is 4. The maximum absolute atomic E-state index is 13.1. The lowest BCUT2D eigenvalue weighted by Gasteiger charge is -2.42. The first-order valence-corrected chi connectivity index (χ1v) is 12.6. The van der Waals surface area contributed by atoms with Gasteiger partial charge in [-0.05, 0) is 92.2 Å². The van der Waals surface area contributed by atoms with Gasteiger partial charge >= 0.3 is 10.1 Å². The molecule has 8 atom stereocenters. The van der Waals surface area contributed by atoms with Crippen molar-refractivity contribution in [2.75, 3.05) is 0 Å². The molecule has 4 fully saturated rings. The van der Waals surface area contributed by atoms with Crippen LogP contribution in [0.2, 0.25) is 0 Å². The van der Waals surface area contributed by atoms with Crippen molar-refractivity contribution in [3.63, 3.8) is 0 Å². The van der Waals surface area contributed by atoms with Gasteiger partial charge in [0, 0.05) is 0 Å². The molecule has 0 amide bonds. The molecule has 0 aromatic heterocycles. The highest BCUT2D eigenvalue weighted by atomic mass is 32.2. The van der Waals surface area contributed by atoms with Crippen molar-refractivity contribution in [2.24, 2.45) is 23.7 Å². The van der Waals surface area contributed by atoms with Gasteiger partial charge in [-0.1, -0.05) is 26.0 Å². The number of fused-ring (bicyclic) bond motifs is 5. The lowest BCUT2D eigenvalue weighted by molar-refractivity contribution is 0.0786. The van der Waals surface area contributed by atoms with E-state index in [2.05, 4.69) is 13.8 Å². The van der Waals surface area contributed by atoms with Crippen LogP contribution in [0, 0.1) is 23.7 Å². The van der Waals surface area contributed by atoms with Crippen molar-refractivity contribution in [1.82, 2.24) is 0 Å². The van der Waals surface area contributed by atoms with E-state index in [0.29, 0.717) is 41.6 Å². The summed E-state index contributed by atoms with van der Waals surface area (Å²) in [6.45, 7) is 4.34. The second kappa shape index (κ2) is 7.02. The number of epoxide rings is 1. The summed E-state index contributed by atoms with van der Waals surface area (Å²) in [5.41, 5.74) is 1.23. The van der Waals surface area contributed by atoms with Crippen molar-refractivity contribution in [3.8, 4) is 5.75 Å². The molecule has 4 aliphatic rings. The Labute approximate surface area is 169 Å². The standard InChI is InChI=1S/C23H32O4S/c1-3-14(2)15-4-6-16(7-5-15)27-28(24,25)22-13-11-17-18-10-12-21-23(26-21)20(18)9-8-19(17)22/h4-7,14,17-23H,3,8-13H2,1-2H3. The topological polar surface area (TPSA) is 55.9 Å². The number of rotatable bonds is 5. The molecule has 0 N–H and O–H groups in total. The van der Waals surface area contributed by atoms with Gasteiger partial charge in [-0.25, -0.2) is 0 Å². The maximum atomic E-state index is 13.1. The average Bonchev–Trinajstić information content (AvgIpc) is 3.36. The van der Waals surface area contributed by atoms with E-state index in [1.807, 2.05) is 24.3 Å². The molecule has 3 aliphatic carbocycles. The zero-order valence-corrected chi connectivity index (χ0v) is 17.7. The summed E-state index contributed by atoms with van der Waals surface area (Å²) >= 11 is 0. The molecule has 0 spiro atoms. The van der Waals surface area contributed by atoms with Gasteiger partial charge in [0.15, 0.2) is 0 Å². The molecule has 1 aromatic carbocycles. The van der Waals surface area contributed by atoms with E-state index in [1.54, 1.807) is 0 Å². The van der Waals surface area contributed by atoms with Crippen LogP contribution in [0.3, 0.4) is 0 Å². The third-order valence-corrected chi connectivity index (χ3v) is 9.97. The van der Waals surface area contributed by atoms with E-state index >= 15 is 0 Å². The van der Waals surface area contributed by atoms with Crippen LogP contribution in [-0.2, 0) is 14.9 Å². The van der Waals surface area contributed by atoms with E-state index in [1.165, 1.54) is 18.4 Å². The first-order chi connectivity index (χ1) is 13.5. The van der Waals surface area contributed by atoms with E-state index in [4.69, 9.17) is 8.92 Å². The summed E-state index contributed by atoms with van der Waals surface area (Å²) in [4.78, 5) is 0. The fourth-order valence-electron chi connectivity index (χ4n) is 6.51. The third-order valence-electron chi connectivity index (χ3n) is 8.22. The molecule has 0 radical (unpaired) electrons. The van der Waals surface area contributed by atoms with E-state index in [-0.39, 0.29) is 11.2 Å². The summed E-state index contributed by atoms with van der Waals surface area (Å²) in [5, 5.41) is -0.342. The van der Waals surface area contributed by atoms with Crippen molar-refractivity contribution < 1.29 is 17.3 Å². The molecule has 0 bridgehead atoms. The molecule has 3 saturated carbocycles. The molecular weight excluding hydrogens is 372 g/mol. The summed E-state index contributed by atoms with van der Waals surface area (Å²) < 4.78 is 37.7. The van der Waals surface area contributed by atoms with Crippen LogP contribution in [-0.4, -0.2) is 25.9 Å². The lowest BCUT2D eigenvalue weighted by Crippen LogP contribution is -2.42. The molecule has 8 unspecified atom stereocenters. The maximum Gasteiger partial charge on any atom is 0.312 e. The van der Waals surface area contributed by atoms with Gasteiger partial charge in [-0.15, -0.1) is 0 Å². The van der Waals surface area contributed by atoms with Gasteiger partial charge < -0.3 is 8.92 Å². The Kier molecular flexibility index (Phi) is 4.74. The molecule has 4 nitrogen and oxygen atoms in total. The minimum Gasteiger partial charge on any atom is -0.382 e. The summed E-state index contributed by atoms with van der Waals surface area (Å²) in [6, 6.07) is 7.62. The molecule has 5 heteroatoms. The van der Waals surface area contributed by atoms with Crippen LogP contribution < -0.4 is 4.18 Å². The number of ether oxygens (including phenoxy) is 1. The minimum absolute atomic E-state index is 0.265. The Morgan fingerprint density at radius 1 is 0.964 bits per heavy atom. The van der Waals surface area contributed by atoms with Gasteiger partial charge in [0.2, 0.25) is 0 Å². The van der Waals surface area contributed by atoms with E-state index < -0.39 is 10.1 Å². The fourth-order valence-corrected chi connectivity index (χ4v) is 8.20. The van der Waals surface area contributed by atoms with Gasteiger partial charge in [0.05, 0.1) is 12.2 Å². The SMILES string of the molecule is CCC(C)c1ccc(OS(=O)(=O)C2CCC3C4CCC5OC5C4CCC32)cc1. The molecule has 1 heterocycles. The summed E-state index contributed by atoms with van der Waals surface area (Å²) in [5.74, 6) is 3.08. The zero-order chi connectivity index (χ0) is 19.5. The molecule has 1 saturated heterocycles. The van der Waals surface area contributed by atoms with Crippen molar-refractivity contribution in [3.05, 3.63) is 29.8 Å². The zero-order valence-electron chi connectivity index (χ0n) is 16.9. The number of hydrogen-bond donors (Lipinski definition) is 0. The highest BCUT2D eigenvalue weighted by Gasteiger charge is 2.58. The van der Waals surface area contributed by atoms with Crippen LogP contribution in [0.25, 0.3) is 0 Å². The highest BCUT2D eigenvalue weighted by Crippen LogP contribution is 2.58. The Morgan fingerprint density at radius 3 is 2.36 bits per heavy atom. The van der Waals surface area contributed by atoms with Crippen molar-refractivity contribution >= 4 is 10.1 Å². The number of benzene rings is 1. The van der Waals surface area contributed by atoms with E-state index in [0.717, 1.165) is 32.1 Å². The second-order valence-corrected chi connectivity index (χ2v) is 11.3. The Balaban J connectivity index is 1.29. The predicted octanol–water partition coefficient (Wildman–Crippen LogP) is 4.89. The van der Waals surface area contributed by atoms with Crippen LogP contribution >= 0.6 is 0 Å². The Bertz CT molecular complexity index is 818. The van der Waals surface area contributed by atoms with Gasteiger partial charge in [0.25, 0.3) is 0 Å². The van der Waals surface area contributed by atoms with Crippen molar-refractivity contribution in [1.29, 1.82) is 0 Å². The summed E-state index contributed by atoms with van der Waals surface area (Å²) in [7, 11) is -3.59. The largest absolute Gasteiger partial charge is 0.382 e. The quantitative estimate of drug-likeness (QED) is 0.518. The predicted molar refractivity (Wildman–Crippen MR) is 109 cm³/mol. The monoisotopic (exact) mass is 404 g/mol. The average molecular weight is 405 g/mol. The molecular formula is C23H32O4S. The third kappa shape index (κ3) is 3.19. The molecule has 28 heavy (non-hydrogen) atoms. The minimum atomic E-state index is -3.59. The highest BCUT2D eigenvalue weighted by molar-refractivity contribution is 7.87. The smallest absolute Gasteiger partial charge is 0.312 e. The van der Waals surface area contributed by atoms with Crippen LogP contribution in [0.1, 0.15) is 70.3 Å². The van der Waals surface area contributed by atoms with Crippen molar-refractivity contribution in [2.45, 2.75) is 82.2 Å². The molecule has 1 aliphatic heterocycles. The molecule has 1 aromatic rings. The van der Waals surface area contributed by atoms with Crippen LogP contribution in [0.5, 0.6) is 5.75 Å². The van der Waals surface area contributed by atoms with Gasteiger partial charge in [-0.2, -0.15) is 8.42 Å². The lowest BCUT2D eigenvalue weighted by atomic mass is 9.62.